The van der Waals surface area contributed by atoms with Crippen LogP contribution in [0.5, 0.6) is 0 Å². The Kier molecular flexibility index (Phi) is 3.72. The molecule has 3 rings (SSSR count). The zero-order chi connectivity index (χ0) is 14.8. The van der Waals surface area contributed by atoms with E-state index in [0.29, 0.717) is 23.7 Å². The second-order valence-corrected chi connectivity index (χ2v) is 5.54. The molecule has 0 bridgehead atoms. The highest BCUT2D eigenvalue weighted by Crippen LogP contribution is 2.21. The van der Waals surface area contributed by atoms with E-state index in [-0.39, 0.29) is 5.91 Å². The van der Waals surface area contributed by atoms with Gasteiger partial charge in [0.05, 0.1) is 6.33 Å². The first-order valence-corrected chi connectivity index (χ1v) is 7.38. The number of fused-ring (bicyclic) bond motifs is 1. The topological polar surface area (TPSA) is 89.9 Å². The molecule has 0 radical (unpaired) electrons. The summed E-state index contributed by atoms with van der Waals surface area (Å²) in [4.78, 5) is 26.2. The second kappa shape index (κ2) is 5.67. The van der Waals surface area contributed by atoms with Crippen LogP contribution in [0.25, 0.3) is 11.2 Å². The molecule has 0 aliphatic carbocycles. The van der Waals surface area contributed by atoms with E-state index in [4.69, 9.17) is 5.73 Å². The second-order valence-electron chi connectivity index (χ2n) is 5.54. The van der Waals surface area contributed by atoms with Crippen LogP contribution in [0.15, 0.2) is 12.7 Å². The number of rotatable bonds is 5. The van der Waals surface area contributed by atoms with Crippen molar-refractivity contribution in [2.75, 3.05) is 18.8 Å². The van der Waals surface area contributed by atoms with Crippen LogP contribution in [0, 0.1) is 5.92 Å². The Balaban J connectivity index is 1.60. The number of nitrogen functional groups attached to an aromatic ring is 1. The van der Waals surface area contributed by atoms with E-state index in [1.165, 1.54) is 6.33 Å². The van der Waals surface area contributed by atoms with Gasteiger partial charge in [-0.05, 0) is 12.3 Å². The summed E-state index contributed by atoms with van der Waals surface area (Å²) in [5, 5.41) is 0. The van der Waals surface area contributed by atoms with Crippen LogP contribution in [-0.4, -0.2) is 43.4 Å². The highest BCUT2D eigenvalue weighted by Gasteiger charge is 2.27. The standard InChI is InChI=1S/C14H20N6O/c1-2-10-6-11(21)19(7-10)4-3-5-20-9-18-12-13(15)16-8-17-14(12)20/h8-10H,2-7H2,1H3,(H2,15,16,17). The number of imidazole rings is 1. The lowest BCUT2D eigenvalue weighted by atomic mass is 10.1. The third-order valence-electron chi connectivity index (χ3n) is 4.13. The highest BCUT2D eigenvalue weighted by atomic mass is 16.2. The van der Waals surface area contributed by atoms with Gasteiger partial charge in [-0.25, -0.2) is 15.0 Å². The minimum absolute atomic E-state index is 0.281. The van der Waals surface area contributed by atoms with E-state index in [1.807, 2.05) is 9.47 Å². The molecule has 2 N–H and O–H groups in total. The Bertz CT molecular complexity index is 652. The zero-order valence-corrected chi connectivity index (χ0v) is 12.2. The summed E-state index contributed by atoms with van der Waals surface area (Å²) in [6, 6.07) is 0. The van der Waals surface area contributed by atoms with Gasteiger partial charge in [-0.1, -0.05) is 13.3 Å². The number of likely N-dealkylation sites (tertiary alicyclic amines) is 1. The van der Waals surface area contributed by atoms with Crippen molar-refractivity contribution in [2.24, 2.45) is 5.92 Å². The summed E-state index contributed by atoms with van der Waals surface area (Å²) in [5.41, 5.74) is 7.16. The lowest BCUT2D eigenvalue weighted by molar-refractivity contribution is -0.127. The molecule has 1 aliphatic heterocycles. The molecule has 21 heavy (non-hydrogen) atoms. The van der Waals surface area contributed by atoms with Crippen LogP contribution in [0.2, 0.25) is 0 Å². The van der Waals surface area contributed by atoms with Crippen LogP contribution >= 0.6 is 0 Å². The van der Waals surface area contributed by atoms with E-state index in [2.05, 4.69) is 21.9 Å². The minimum atomic E-state index is 0.281. The Labute approximate surface area is 123 Å². The van der Waals surface area contributed by atoms with Crippen molar-refractivity contribution >= 4 is 22.9 Å². The number of hydrogen-bond donors (Lipinski definition) is 1. The fourth-order valence-electron chi connectivity index (χ4n) is 2.84. The third kappa shape index (κ3) is 2.68. The van der Waals surface area contributed by atoms with E-state index < -0.39 is 0 Å². The van der Waals surface area contributed by atoms with Gasteiger partial charge in [0, 0.05) is 26.1 Å². The fraction of sp³-hybridized carbons (Fsp3) is 0.571. The number of hydrogen-bond acceptors (Lipinski definition) is 5. The first kappa shape index (κ1) is 13.8. The maximum Gasteiger partial charge on any atom is 0.222 e. The molecule has 1 aliphatic rings. The third-order valence-corrected chi connectivity index (χ3v) is 4.13. The molecule has 0 aromatic carbocycles. The SMILES string of the molecule is CCC1CC(=O)N(CCCn2cnc3c(N)ncnc32)C1. The largest absolute Gasteiger partial charge is 0.382 e. The monoisotopic (exact) mass is 288 g/mol. The van der Waals surface area contributed by atoms with E-state index in [0.717, 1.165) is 38.1 Å². The number of aryl methyl sites for hydroxylation is 1. The Morgan fingerprint density at radius 1 is 1.33 bits per heavy atom. The first-order chi connectivity index (χ1) is 10.2. The van der Waals surface area contributed by atoms with Crippen molar-refractivity contribution in [1.82, 2.24) is 24.4 Å². The van der Waals surface area contributed by atoms with Crippen LogP contribution in [-0.2, 0) is 11.3 Å². The summed E-state index contributed by atoms with van der Waals surface area (Å²) in [7, 11) is 0. The molecule has 0 saturated carbocycles. The number of nitrogens with two attached hydrogens (primary N) is 1. The van der Waals surface area contributed by atoms with Gasteiger partial charge in [-0.3, -0.25) is 4.79 Å². The molecule has 7 nitrogen and oxygen atoms in total. The number of aromatic nitrogens is 4. The molecular formula is C14H20N6O. The van der Waals surface area contributed by atoms with Crippen molar-refractivity contribution in [3.8, 4) is 0 Å². The van der Waals surface area contributed by atoms with Crippen LogP contribution < -0.4 is 5.73 Å². The molecule has 1 amide bonds. The van der Waals surface area contributed by atoms with Crippen molar-refractivity contribution in [3.05, 3.63) is 12.7 Å². The fourth-order valence-corrected chi connectivity index (χ4v) is 2.84. The molecule has 112 valence electrons. The van der Waals surface area contributed by atoms with Crippen molar-refractivity contribution in [3.63, 3.8) is 0 Å². The van der Waals surface area contributed by atoms with Crippen molar-refractivity contribution < 1.29 is 4.79 Å². The molecule has 0 spiro atoms. The summed E-state index contributed by atoms with van der Waals surface area (Å²) in [5.74, 6) is 1.21. The van der Waals surface area contributed by atoms with Crippen LogP contribution in [0.3, 0.4) is 0 Å². The molecule has 2 aromatic rings. The minimum Gasteiger partial charge on any atom is -0.382 e. The number of amides is 1. The van der Waals surface area contributed by atoms with Gasteiger partial charge in [-0.2, -0.15) is 0 Å². The molecule has 1 fully saturated rings. The zero-order valence-electron chi connectivity index (χ0n) is 12.2. The lowest BCUT2D eigenvalue weighted by Gasteiger charge is -2.16. The quantitative estimate of drug-likeness (QED) is 0.888. The van der Waals surface area contributed by atoms with Gasteiger partial charge in [-0.15, -0.1) is 0 Å². The van der Waals surface area contributed by atoms with Gasteiger partial charge >= 0.3 is 0 Å². The molecule has 2 aromatic heterocycles. The maximum atomic E-state index is 11.9. The first-order valence-electron chi connectivity index (χ1n) is 7.38. The lowest BCUT2D eigenvalue weighted by Crippen LogP contribution is -2.27. The van der Waals surface area contributed by atoms with Gasteiger partial charge < -0.3 is 15.2 Å². The molecule has 1 saturated heterocycles. The number of anilines is 1. The predicted molar refractivity (Wildman–Crippen MR) is 79.3 cm³/mol. The van der Waals surface area contributed by atoms with Crippen LogP contribution in [0.4, 0.5) is 5.82 Å². The summed E-state index contributed by atoms with van der Waals surface area (Å²) < 4.78 is 1.96. The van der Waals surface area contributed by atoms with Gasteiger partial charge in [0.2, 0.25) is 5.91 Å². The number of carbonyl (C=O) groups excluding carboxylic acids is 1. The van der Waals surface area contributed by atoms with Gasteiger partial charge in [0.25, 0.3) is 0 Å². The molecule has 1 atom stereocenters. The van der Waals surface area contributed by atoms with E-state index >= 15 is 0 Å². The molecule has 7 heteroatoms. The summed E-state index contributed by atoms with van der Waals surface area (Å²) in [6.45, 7) is 4.60. The predicted octanol–water partition coefficient (Wildman–Crippen LogP) is 1.06. The average molecular weight is 288 g/mol. The van der Waals surface area contributed by atoms with Crippen LogP contribution in [0.1, 0.15) is 26.2 Å². The average Bonchev–Trinajstić information content (AvgIpc) is 3.05. The molecule has 1 unspecified atom stereocenters. The Morgan fingerprint density at radius 3 is 2.95 bits per heavy atom. The Hall–Kier alpha value is -2.18. The normalized spacial score (nSPS) is 18.8. The smallest absolute Gasteiger partial charge is 0.222 e. The molecular weight excluding hydrogens is 268 g/mol. The summed E-state index contributed by atoms with van der Waals surface area (Å²) >= 11 is 0. The maximum absolute atomic E-state index is 11.9. The Morgan fingerprint density at radius 2 is 2.19 bits per heavy atom. The van der Waals surface area contributed by atoms with E-state index in [1.54, 1.807) is 6.33 Å². The van der Waals surface area contributed by atoms with Crippen molar-refractivity contribution in [1.29, 1.82) is 0 Å². The van der Waals surface area contributed by atoms with E-state index in [9.17, 15) is 4.79 Å². The molecule has 3 heterocycles. The summed E-state index contributed by atoms with van der Waals surface area (Å²) in [6.07, 6.45) is 5.85. The van der Waals surface area contributed by atoms with Crippen molar-refractivity contribution in [2.45, 2.75) is 32.7 Å². The highest BCUT2D eigenvalue weighted by molar-refractivity contribution is 5.81. The van der Waals surface area contributed by atoms with Gasteiger partial charge in [0.15, 0.2) is 11.5 Å². The van der Waals surface area contributed by atoms with Gasteiger partial charge in [0.1, 0.15) is 11.8 Å². The number of carbonyl (C=O) groups is 1. The number of nitrogens with zero attached hydrogens (tertiary/aromatic N) is 5.